The summed E-state index contributed by atoms with van der Waals surface area (Å²) in [4.78, 5) is 0. The highest BCUT2D eigenvalue weighted by Crippen LogP contribution is 2.41. The minimum absolute atomic E-state index is 0.159. The Bertz CT molecular complexity index is 372. The van der Waals surface area contributed by atoms with Crippen LogP contribution in [0.5, 0.6) is 0 Å². The number of rotatable bonds is 3. The fourth-order valence-electron chi connectivity index (χ4n) is 2.66. The second-order valence-corrected chi connectivity index (χ2v) is 5.42. The van der Waals surface area contributed by atoms with Crippen molar-refractivity contribution in [3.8, 4) is 0 Å². The summed E-state index contributed by atoms with van der Waals surface area (Å²) in [7, 11) is 1.72. The van der Waals surface area contributed by atoms with Gasteiger partial charge in [-0.15, -0.1) is 0 Å². The second-order valence-electron chi connectivity index (χ2n) is 4.57. The van der Waals surface area contributed by atoms with Crippen molar-refractivity contribution < 1.29 is 4.74 Å². The molecule has 0 unspecified atom stereocenters. The zero-order chi connectivity index (χ0) is 11.6. The average Bonchev–Trinajstić information content (AvgIpc) is 2.66. The van der Waals surface area contributed by atoms with Crippen molar-refractivity contribution in [2.75, 3.05) is 7.11 Å². The molecular weight excluding hydrogens is 266 g/mol. The zero-order valence-electron chi connectivity index (χ0n) is 9.63. The number of methoxy groups -OCH3 is 1. The third-order valence-corrected chi connectivity index (χ3v) is 4.05. The predicted octanol–water partition coefficient (Wildman–Crippen LogP) is 3.32. The Hall–Kier alpha value is -0.380. The number of halogens is 1. The zero-order valence-corrected chi connectivity index (χ0v) is 11.2. The molecule has 0 bridgehead atoms. The first-order valence-corrected chi connectivity index (χ1v) is 6.52. The predicted molar refractivity (Wildman–Crippen MR) is 69.2 cm³/mol. The molecule has 0 spiro atoms. The van der Waals surface area contributed by atoms with Gasteiger partial charge in [0.1, 0.15) is 0 Å². The SMILES string of the molecule is COCc1cccc(Br)c1C1(N)CCCC1. The topological polar surface area (TPSA) is 35.2 Å². The number of nitrogens with two attached hydrogens (primary N) is 1. The summed E-state index contributed by atoms with van der Waals surface area (Å²) in [6.45, 7) is 0.633. The van der Waals surface area contributed by atoms with Crippen LogP contribution >= 0.6 is 15.9 Å². The molecule has 0 atom stereocenters. The van der Waals surface area contributed by atoms with E-state index in [9.17, 15) is 0 Å². The van der Waals surface area contributed by atoms with Crippen molar-refractivity contribution in [1.82, 2.24) is 0 Å². The Kier molecular flexibility index (Phi) is 3.67. The Balaban J connectivity index is 2.44. The van der Waals surface area contributed by atoms with Gasteiger partial charge in [0.25, 0.3) is 0 Å². The number of hydrogen-bond acceptors (Lipinski definition) is 2. The molecule has 0 heterocycles. The molecule has 2 N–H and O–H groups in total. The third kappa shape index (κ3) is 2.17. The summed E-state index contributed by atoms with van der Waals surface area (Å²) < 4.78 is 6.37. The van der Waals surface area contributed by atoms with Gasteiger partial charge >= 0.3 is 0 Å². The van der Waals surface area contributed by atoms with E-state index in [0.717, 1.165) is 17.3 Å². The minimum Gasteiger partial charge on any atom is -0.380 e. The molecule has 1 aromatic rings. The Morgan fingerprint density at radius 3 is 2.69 bits per heavy atom. The van der Waals surface area contributed by atoms with Gasteiger partial charge in [-0.05, 0) is 30.0 Å². The molecule has 0 radical (unpaired) electrons. The van der Waals surface area contributed by atoms with E-state index in [0.29, 0.717) is 6.61 Å². The van der Waals surface area contributed by atoms with E-state index < -0.39 is 0 Å². The van der Waals surface area contributed by atoms with Gasteiger partial charge in [-0.2, -0.15) is 0 Å². The Morgan fingerprint density at radius 2 is 2.06 bits per heavy atom. The molecule has 2 nitrogen and oxygen atoms in total. The lowest BCUT2D eigenvalue weighted by Crippen LogP contribution is -2.34. The number of ether oxygens (including phenoxy) is 1. The molecule has 88 valence electrons. The first kappa shape index (κ1) is 12.1. The summed E-state index contributed by atoms with van der Waals surface area (Å²) in [6, 6.07) is 6.22. The highest BCUT2D eigenvalue weighted by molar-refractivity contribution is 9.10. The lowest BCUT2D eigenvalue weighted by Gasteiger charge is -2.28. The van der Waals surface area contributed by atoms with Gasteiger partial charge in [0, 0.05) is 17.1 Å². The molecular formula is C13H18BrNO. The van der Waals surface area contributed by atoms with E-state index in [1.54, 1.807) is 7.11 Å². The summed E-state index contributed by atoms with van der Waals surface area (Å²) in [5.74, 6) is 0. The molecule has 1 saturated carbocycles. The summed E-state index contributed by atoms with van der Waals surface area (Å²) in [5.41, 5.74) is 8.82. The number of hydrogen-bond donors (Lipinski definition) is 1. The summed E-state index contributed by atoms with van der Waals surface area (Å²) in [6.07, 6.45) is 4.60. The van der Waals surface area contributed by atoms with Crippen LogP contribution < -0.4 is 5.73 Å². The van der Waals surface area contributed by atoms with Gasteiger partial charge in [0.05, 0.1) is 6.61 Å². The van der Waals surface area contributed by atoms with Crippen molar-refractivity contribution >= 4 is 15.9 Å². The Morgan fingerprint density at radius 1 is 1.38 bits per heavy atom. The van der Waals surface area contributed by atoms with Gasteiger partial charge in [0.2, 0.25) is 0 Å². The lowest BCUT2D eigenvalue weighted by atomic mass is 9.86. The van der Waals surface area contributed by atoms with Crippen molar-refractivity contribution in [3.63, 3.8) is 0 Å². The van der Waals surface area contributed by atoms with E-state index >= 15 is 0 Å². The molecule has 2 rings (SSSR count). The largest absolute Gasteiger partial charge is 0.380 e. The Labute approximate surface area is 105 Å². The van der Waals surface area contributed by atoms with Crippen LogP contribution in [0.2, 0.25) is 0 Å². The molecule has 0 saturated heterocycles. The second kappa shape index (κ2) is 4.86. The van der Waals surface area contributed by atoms with Crippen LogP contribution in [-0.4, -0.2) is 7.11 Å². The summed E-state index contributed by atoms with van der Waals surface area (Å²) in [5, 5.41) is 0. The van der Waals surface area contributed by atoms with Gasteiger partial charge in [-0.25, -0.2) is 0 Å². The maximum atomic E-state index is 6.53. The van der Waals surface area contributed by atoms with Crippen molar-refractivity contribution in [2.45, 2.75) is 37.8 Å². The third-order valence-electron chi connectivity index (χ3n) is 3.39. The van der Waals surface area contributed by atoms with E-state index in [2.05, 4.69) is 28.1 Å². The molecule has 3 heteroatoms. The fourth-order valence-corrected chi connectivity index (χ4v) is 3.46. The van der Waals surface area contributed by atoms with Gasteiger partial charge in [-0.1, -0.05) is 40.9 Å². The molecule has 1 aromatic carbocycles. The van der Waals surface area contributed by atoms with Gasteiger partial charge in [-0.3, -0.25) is 0 Å². The molecule has 1 aliphatic carbocycles. The maximum absolute atomic E-state index is 6.53. The van der Waals surface area contributed by atoms with E-state index in [4.69, 9.17) is 10.5 Å². The molecule has 16 heavy (non-hydrogen) atoms. The highest BCUT2D eigenvalue weighted by atomic mass is 79.9. The normalized spacial score (nSPS) is 18.9. The van der Waals surface area contributed by atoms with Crippen LogP contribution in [-0.2, 0) is 16.9 Å². The highest BCUT2D eigenvalue weighted by Gasteiger charge is 2.34. The number of benzene rings is 1. The molecule has 0 amide bonds. The minimum atomic E-state index is -0.159. The van der Waals surface area contributed by atoms with Crippen molar-refractivity contribution in [1.29, 1.82) is 0 Å². The van der Waals surface area contributed by atoms with E-state index in [1.807, 2.05) is 6.07 Å². The molecule has 1 aliphatic rings. The lowest BCUT2D eigenvalue weighted by molar-refractivity contribution is 0.182. The molecule has 0 aliphatic heterocycles. The van der Waals surface area contributed by atoms with E-state index in [-0.39, 0.29) is 5.54 Å². The quantitative estimate of drug-likeness (QED) is 0.924. The first-order chi connectivity index (χ1) is 7.67. The van der Waals surface area contributed by atoms with Crippen LogP contribution in [0.3, 0.4) is 0 Å². The van der Waals surface area contributed by atoms with Crippen LogP contribution in [0, 0.1) is 0 Å². The first-order valence-electron chi connectivity index (χ1n) is 5.73. The van der Waals surface area contributed by atoms with E-state index in [1.165, 1.54) is 24.0 Å². The fraction of sp³-hybridized carbons (Fsp3) is 0.538. The maximum Gasteiger partial charge on any atom is 0.0716 e. The van der Waals surface area contributed by atoms with Crippen LogP contribution in [0.15, 0.2) is 22.7 Å². The molecule has 0 aromatic heterocycles. The average molecular weight is 284 g/mol. The van der Waals surface area contributed by atoms with Crippen molar-refractivity contribution in [2.24, 2.45) is 5.73 Å². The van der Waals surface area contributed by atoms with Gasteiger partial charge < -0.3 is 10.5 Å². The van der Waals surface area contributed by atoms with Gasteiger partial charge in [0.15, 0.2) is 0 Å². The van der Waals surface area contributed by atoms with Crippen LogP contribution in [0.25, 0.3) is 0 Å². The standard InChI is InChI=1S/C13H18BrNO/c1-16-9-10-5-4-6-11(14)12(10)13(15)7-2-3-8-13/h4-6H,2-3,7-9,15H2,1H3. The smallest absolute Gasteiger partial charge is 0.0716 e. The monoisotopic (exact) mass is 283 g/mol. The molecule has 1 fully saturated rings. The summed E-state index contributed by atoms with van der Waals surface area (Å²) >= 11 is 3.63. The van der Waals surface area contributed by atoms with Crippen LogP contribution in [0.1, 0.15) is 36.8 Å². The van der Waals surface area contributed by atoms with Crippen LogP contribution in [0.4, 0.5) is 0 Å². The van der Waals surface area contributed by atoms with Crippen molar-refractivity contribution in [3.05, 3.63) is 33.8 Å².